The molecule has 0 saturated carbocycles. The molecular formula is C44H26N4S. The topological polar surface area (TPSA) is 57.4 Å². The van der Waals surface area contributed by atoms with Gasteiger partial charge in [0.15, 0.2) is 0 Å². The van der Waals surface area contributed by atoms with Crippen LogP contribution in [0.4, 0.5) is 0 Å². The first-order chi connectivity index (χ1) is 24.2. The quantitative estimate of drug-likeness (QED) is 0.193. The Morgan fingerprint density at radius 3 is 2.14 bits per heavy atom. The van der Waals surface area contributed by atoms with Crippen LogP contribution in [-0.2, 0) is 0 Å². The average molecular weight is 643 g/mol. The maximum absolute atomic E-state index is 10.6. The third-order valence-electron chi connectivity index (χ3n) is 10.1. The third kappa shape index (κ3) is 3.88. The maximum Gasteiger partial charge on any atom is 0.0998 e. The molecule has 0 radical (unpaired) electrons. The molecule has 0 aliphatic heterocycles. The third-order valence-corrected chi connectivity index (χ3v) is 11.3. The van der Waals surface area contributed by atoms with Gasteiger partial charge in [-0.1, -0.05) is 78.9 Å². The summed E-state index contributed by atoms with van der Waals surface area (Å²) in [4.78, 5) is 0. The lowest BCUT2D eigenvalue weighted by Gasteiger charge is -2.16. The molecule has 10 rings (SSSR count). The standard InChI is InChI=1S/C44H26N4S/c45-25-27-20-22-38-35(24-27)30-13-4-6-17-36(30)48(38)39-19-8-10-28(26-46)41(39)34-16-9-15-31-32-21-23-40-42(44(32)49-43(31)34)33-14-5-7-18-37(33)47(40)29-11-2-1-3-12-29/h1-2,4-11,13-24H,3,12H2. The Labute approximate surface area is 285 Å². The SMILES string of the molecule is N#Cc1ccc2c(c1)c1ccccc1n2-c1cccc(C#N)c1-c1cccc2c1sc1c2ccc2c1c1ccccc1n2C1=CC=CCC1. The van der Waals surface area contributed by atoms with Crippen molar-refractivity contribution < 1.29 is 0 Å². The van der Waals surface area contributed by atoms with Crippen LogP contribution in [0, 0.1) is 22.7 Å². The van der Waals surface area contributed by atoms with Gasteiger partial charge in [0.25, 0.3) is 0 Å². The van der Waals surface area contributed by atoms with E-state index in [1.54, 1.807) is 0 Å². The van der Waals surface area contributed by atoms with E-state index in [4.69, 9.17) is 0 Å². The van der Waals surface area contributed by atoms with Gasteiger partial charge in [0.2, 0.25) is 0 Å². The molecule has 0 unspecified atom stereocenters. The van der Waals surface area contributed by atoms with Gasteiger partial charge >= 0.3 is 0 Å². The van der Waals surface area contributed by atoms with Gasteiger partial charge in [-0.25, -0.2) is 0 Å². The minimum atomic E-state index is 0.625. The molecule has 0 spiro atoms. The first-order valence-electron chi connectivity index (χ1n) is 16.5. The van der Waals surface area contributed by atoms with E-state index in [0.717, 1.165) is 56.2 Å². The van der Waals surface area contributed by atoms with Crippen LogP contribution in [0.25, 0.3) is 86.3 Å². The smallest absolute Gasteiger partial charge is 0.0998 e. The zero-order valence-electron chi connectivity index (χ0n) is 26.3. The van der Waals surface area contributed by atoms with Gasteiger partial charge in [0.1, 0.15) is 0 Å². The van der Waals surface area contributed by atoms with Crippen LogP contribution in [-0.4, -0.2) is 9.13 Å². The number of nitriles is 2. The number of nitrogens with zero attached hydrogens (tertiary/aromatic N) is 4. The minimum Gasteiger partial charge on any atom is -0.313 e. The number of benzene rings is 6. The Kier molecular flexibility index (Phi) is 5.96. The molecule has 0 fully saturated rings. The highest BCUT2D eigenvalue weighted by Crippen LogP contribution is 2.48. The molecule has 0 bridgehead atoms. The van der Waals surface area contributed by atoms with Crippen LogP contribution in [0.1, 0.15) is 24.0 Å². The lowest BCUT2D eigenvalue weighted by Crippen LogP contribution is -1.99. The van der Waals surface area contributed by atoms with E-state index in [1.165, 1.54) is 43.0 Å². The lowest BCUT2D eigenvalue weighted by atomic mass is 9.96. The van der Waals surface area contributed by atoms with Crippen LogP contribution >= 0.6 is 11.3 Å². The summed E-state index contributed by atoms with van der Waals surface area (Å²) in [5.74, 6) is 0. The van der Waals surface area contributed by atoms with E-state index in [-0.39, 0.29) is 0 Å². The van der Waals surface area contributed by atoms with Crippen molar-refractivity contribution in [2.75, 3.05) is 0 Å². The number of hydrogen-bond donors (Lipinski definition) is 0. The summed E-state index contributed by atoms with van der Waals surface area (Å²) in [6.45, 7) is 0. The van der Waals surface area contributed by atoms with Crippen LogP contribution in [0.2, 0.25) is 0 Å². The number of thiophene rings is 1. The number of aromatic nitrogens is 2. The number of para-hydroxylation sites is 2. The normalized spacial score (nSPS) is 13.1. The second-order valence-corrected chi connectivity index (χ2v) is 13.6. The van der Waals surface area contributed by atoms with Gasteiger partial charge in [-0.05, 0) is 67.4 Å². The summed E-state index contributed by atoms with van der Waals surface area (Å²) >= 11 is 1.82. The Balaban J connectivity index is 1.30. The summed E-state index contributed by atoms with van der Waals surface area (Å²) in [7, 11) is 0. The van der Waals surface area contributed by atoms with Crippen LogP contribution in [0.15, 0.2) is 133 Å². The molecule has 228 valence electrons. The number of hydrogen-bond acceptors (Lipinski definition) is 3. The van der Waals surface area contributed by atoms with Gasteiger partial charge in [0.05, 0.1) is 51.0 Å². The molecule has 1 aliphatic rings. The van der Waals surface area contributed by atoms with Gasteiger partial charge in [-0.3, -0.25) is 0 Å². The molecule has 0 atom stereocenters. The van der Waals surface area contributed by atoms with Crippen molar-refractivity contribution >= 4 is 80.8 Å². The monoisotopic (exact) mass is 642 g/mol. The fourth-order valence-corrected chi connectivity index (χ4v) is 9.37. The molecule has 49 heavy (non-hydrogen) atoms. The Morgan fingerprint density at radius 2 is 1.33 bits per heavy atom. The largest absolute Gasteiger partial charge is 0.313 e. The molecule has 3 heterocycles. The van der Waals surface area contributed by atoms with Crippen molar-refractivity contribution in [2.45, 2.75) is 12.8 Å². The number of rotatable bonds is 3. The Bertz CT molecular complexity index is 3020. The molecule has 0 N–H and O–H groups in total. The first-order valence-corrected chi connectivity index (χ1v) is 17.3. The highest BCUT2D eigenvalue weighted by molar-refractivity contribution is 7.27. The van der Waals surface area contributed by atoms with Crippen molar-refractivity contribution in [2.24, 2.45) is 0 Å². The molecule has 9 aromatic rings. The van der Waals surface area contributed by atoms with Gasteiger partial charge in [0, 0.05) is 58.5 Å². The minimum absolute atomic E-state index is 0.625. The highest BCUT2D eigenvalue weighted by Gasteiger charge is 2.23. The van der Waals surface area contributed by atoms with Crippen molar-refractivity contribution in [3.8, 4) is 29.0 Å². The molecule has 0 saturated heterocycles. The molecule has 1 aliphatic carbocycles. The summed E-state index contributed by atoms with van der Waals surface area (Å²) in [5, 5.41) is 27.3. The lowest BCUT2D eigenvalue weighted by molar-refractivity contribution is 0.979. The highest BCUT2D eigenvalue weighted by atomic mass is 32.1. The van der Waals surface area contributed by atoms with E-state index in [2.05, 4.69) is 112 Å². The molecule has 0 amide bonds. The number of fused-ring (bicyclic) bond motifs is 10. The van der Waals surface area contributed by atoms with Crippen LogP contribution in [0.5, 0.6) is 0 Å². The van der Waals surface area contributed by atoms with Crippen molar-refractivity contribution in [1.29, 1.82) is 10.5 Å². The predicted octanol–water partition coefficient (Wildman–Crippen LogP) is 11.9. The maximum atomic E-state index is 10.6. The van der Waals surface area contributed by atoms with Gasteiger partial charge in [-0.15, -0.1) is 11.3 Å². The number of allylic oxidation sites excluding steroid dienone is 4. The fraction of sp³-hybridized carbons (Fsp3) is 0.0455. The van der Waals surface area contributed by atoms with E-state index in [1.807, 2.05) is 53.8 Å². The van der Waals surface area contributed by atoms with E-state index >= 15 is 0 Å². The first kappa shape index (κ1) is 27.7. The van der Waals surface area contributed by atoms with Crippen LogP contribution < -0.4 is 0 Å². The molecule has 3 aromatic heterocycles. The van der Waals surface area contributed by atoms with Crippen molar-refractivity contribution in [3.63, 3.8) is 0 Å². The Morgan fingerprint density at radius 1 is 0.592 bits per heavy atom. The van der Waals surface area contributed by atoms with Crippen molar-refractivity contribution in [1.82, 2.24) is 9.13 Å². The second kappa shape index (κ2) is 10.6. The second-order valence-electron chi connectivity index (χ2n) is 12.6. The molecule has 5 heteroatoms. The van der Waals surface area contributed by atoms with E-state index in [9.17, 15) is 10.5 Å². The summed E-state index contributed by atoms with van der Waals surface area (Å²) in [6.07, 6.45) is 8.71. The van der Waals surface area contributed by atoms with Gasteiger partial charge in [-0.2, -0.15) is 10.5 Å². The van der Waals surface area contributed by atoms with E-state index < -0.39 is 0 Å². The summed E-state index contributed by atoms with van der Waals surface area (Å²) in [6, 6.07) is 44.9. The average Bonchev–Trinajstić information content (AvgIpc) is 3.82. The van der Waals surface area contributed by atoms with Crippen molar-refractivity contribution in [3.05, 3.63) is 145 Å². The van der Waals surface area contributed by atoms with Gasteiger partial charge < -0.3 is 9.13 Å². The predicted molar refractivity (Wildman–Crippen MR) is 204 cm³/mol. The summed E-state index contributed by atoms with van der Waals surface area (Å²) in [5.41, 5.74) is 9.95. The summed E-state index contributed by atoms with van der Waals surface area (Å²) < 4.78 is 7.13. The molecule has 4 nitrogen and oxygen atoms in total. The molecule has 6 aromatic carbocycles. The Hall–Kier alpha value is -6.40. The molecular weight excluding hydrogens is 617 g/mol. The van der Waals surface area contributed by atoms with E-state index in [0.29, 0.717) is 11.1 Å². The fourth-order valence-electron chi connectivity index (χ4n) is 8.00. The zero-order chi connectivity index (χ0) is 32.6. The van der Waals surface area contributed by atoms with Crippen LogP contribution in [0.3, 0.4) is 0 Å². The zero-order valence-corrected chi connectivity index (χ0v) is 27.1.